The molecule has 0 amide bonds. The highest BCUT2D eigenvalue weighted by Gasteiger charge is 2.56. The van der Waals surface area contributed by atoms with Crippen molar-refractivity contribution in [2.24, 2.45) is 75.7 Å². The average molecular weight is 853 g/mol. The summed E-state index contributed by atoms with van der Waals surface area (Å²) in [5.74, 6) is 7.03. The lowest BCUT2D eigenvalue weighted by Gasteiger charge is -2.57. The third-order valence-electron chi connectivity index (χ3n) is 16.5. The van der Waals surface area contributed by atoms with Crippen molar-refractivity contribution in [1.82, 2.24) is 4.90 Å². The van der Waals surface area contributed by atoms with Crippen LogP contribution >= 0.6 is 0 Å². The molecular formula is C54H96N2O5. The summed E-state index contributed by atoms with van der Waals surface area (Å²) in [5, 5.41) is 0. The van der Waals surface area contributed by atoms with Gasteiger partial charge in [-0.25, -0.2) is 0 Å². The number of ether oxygens (including phenoxy) is 3. The number of hydrogen-bond acceptors (Lipinski definition) is 7. The van der Waals surface area contributed by atoms with Gasteiger partial charge in [0.15, 0.2) is 0 Å². The lowest BCUT2D eigenvalue weighted by Crippen LogP contribution is -2.50. The van der Waals surface area contributed by atoms with Crippen molar-refractivity contribution < 1.29 is 23.8 Å². The van der Waals surface area contributed by atoms with Gasteiger partial charge < -0.3 is 24.8 Å². The highest BCUT2D eigenvalue weighted by molar-refractivity contribution is 5.76. The quantitative estimate of drug-likeness (QED) is 0.0556. The monoisotopic (exact) mass is 853 g/mol. The average Bonchev–Trinajstić information content (AvgIpc) is 3.63. The van der Waals surface area contributed by atoms with E-state index in [4.69, 9.17) is 19.9 Å². The predicted octanol–water partition coefficient (Wildman–Crippen LogP) is 12.6. The zero-order valence-electron chi connectivity index (χ0n) is 41.9. The molecule has 0 saturated heterocycles. The van der Waals surface area contributed by atoms with Gasteiger partial charge in [-0.3, -0.25) is 9.59 Å². The molecule has 4 aliphatic carbocycles. The number of allylic oxidation sites excluding steroid dienone is 1. The Kier molecular flexibility index (Phi) is 20.0. The summed E-state index contributed by atoms with van der Waals surface area (Å²) in [5.41, 5.74) is 7.67. The van der Waals surface area contributed by atoms with E-state index in [0.717, 1.165) is 105 Å². The second-order valence-electron chi connectivity index (χ2n) is 23.3. The first kappa shape index (κ1) is 51.9. The van der Waals surface area contributed by atoms with Gasteiger partial charge in [0, 0.05) is 24.5 Å². The molecular weight excluding hydrogens is 757 g/mol. The first-order valence-corrected chi connectivity index (χ1v) is 25.4. The van der Waals surface area contributed by atoms with Gasteiger partial charge >= 0.3 is 11.9 Å². The summed E-state index contributed by atoms with van der Waals surface area (Å²) in [6, 6.07) is 0. The minimum Gasteiger partial charge on any atom is -0.462 e. The molecule has 7 nitrogen and oxygen atoms in total. The van der Waals surface area contributed by atoms with Gasteiger partial charge in [-0.05, 0) is 183 Å². The molecule has 3 fully saturated rings. The van der Waals surface area contributed by atoms with Crippen LogP contribution in [0.25, 0.3) is 0 Å². The van der Waals surface area contributed by atoms with E-state index < -0.39 is 11.0 Å². The molecule has 0 aliphatic heterocycles. The van der Waals surface area contributed by atoms with Crippen LogP contribution in [0.3, 0.4) is 0 Å². The van der Waals surface area contributed by atoms with Crippen LogP contribution < -0.4 is 5.73 Å². The molecule has 3 saturated carbocycles. The van der Waals surface area contributed by atoms with Crippen LogP contribution in [0.15, 0.2) is 23.8 Å². The molecule has 0 radical (unpaired) electrons. The fourth-order valence-corrected chi connectivity index (χ4v) is 13.0. The van der Waals surface area contributed by atoms with Crippen molar-refractivity contribution in [3.8, 4) is 0 Å². The number of fused-ring (bicyclic) bond motifs is 5. The maximum absolute atomic E-state index is 13.1. The van der Waals surface area contributed by atoms with Crippen LogP contribution in [-0.2, 0) is 23.8 Å². The molecule has 7 unspecified atom stereocenters. The first-order valence-electron chi connectivity index (χ1n) is 25.4. The largest absolute Gasteiger partial charge is 0.462 e. The van der Waals surface area contributed by atoms with Gasteiger partial charge in [0.2, 0.25) is 0 Å². The smallest absolute Gasteiger partial charge is 0.311 e. The third-order valence-corrected chi connectivity index (χ3v) is 16.5. The lowest BCUT2D eigenvalue weighted by molar-refractivity contribution is -0.154. The third kappa shape index (κ3) is 14.7. The van der Waals surface area contributed by atoms with E-state index in [-0.39, 0.29) is 30.6 Å². The summed E-state index contributed by atoms with van der Waals surface area (Å²) in [7, 11) is 4.04. The Morgan fingerprint density at radius 1 is 0.934 bits per heavy atom. The molecule has 4 aliphatic rings. The maximum Gasteiger partial charge on any atom is 0.311 e. The molecule has 352 valence electrons. The van der Waals surface area contributed by atoms with Gasteiger partial charge in [-0.15, -0.1) is 0 Å². The van der Waals surface area contributed by atoms with Crippen molar-refractivity contribution in [3.63, 3.8) is 0 Å². The van der Waals surface area contributed by atoms with Crippen LogP contribution in [0.1, 0.15) is 185 Å². The fourth-order valence-electron chi connectivity index (χ4n) is 13.0. The van der Waals surface area contributed by atoms with E-state index in [9.17, 15) is 9.59 Å². The van der Waals surface area contributed by atoms with Crippen LogP contribution in [0.5, 0.6) is 0 Å². The van der Waals surface area contributed by atoms with Gasteiger partial charge in [-0.1, -0.05) is 98.8 Å². The number of esters is 2. The molecule has 61 heavy (non-hydrogen) atoms. The molecule has 0 heterocycles. The number of carbonyl (C=O) groups is 2. The van der Waals surface area contributed by atoms with E-state index in [1.807, 2.05) is 47.0 Å². The summed E-state index contributed by atoms with van der Waals surface area (Å²) >= 11 is 0. The van der Waals surface area contributed by atoms with Gasteiger partial charge in [0.25, 0.3) is 0 Å². The van der Waals surface area contributed by atoms with Crippen molar-refractivity contribution in [2.75, 3.05) is 33.9 Å². The maximum atomic E-state index is 13.1. The van der Waals surface area contributed by atoms with Gasteiger partial charge in [0.05, 0.1) is 11.5 Å². The Balaban J connectivity index is 1.25. The SMILES string of the molecule is CC(C)CCC[C@@H](C)[C@H]1CCC2C3CC=C4C[C@@H](OCCCCCC(OC(=O)CCCN(C)C)C(C)C(C)(N)/C=C/COC(=O)C(C)(C)CC(C)C)CC[C@]4(C)C3C[C@@H](C)C21. The summed E-state index contributed by atoms with van der Waals surface area (Å²) in [6.07, 6.45) is 25.6. The number of unbranched alkanes of at least 4 members (excludes halogenated alkanes) is 2. The van der Waals surface area contributed by atoms with Crippen molar-refractivity contribution in [2.45, 2.75) is 203 Å². The van der Waals surface area contributed by atoms with Crippen LogP contribution in [-0.4, -0.2) is 68.4 Å². The molecule has 4 rings (SSSR count). The molecule has 0 aromatic carbocycles. The first-order chi connectivity index (χ1) is 28.7. The second kappa shape index (κ2) is 23.5. The lowest BCUT2D eigenvalue weighted by atomic mass is 9.48. The minimum absolute atomic E-state index is 0.123. The van der Waals surface area contributed by atoms with E-state index in [1.165, 1.54) is 57.8 Å². The Morgan fingerprint density at radius 3 is 2.36 bits per heavy atom. The Hall–Kier alpha value is -1.70. The van der Waals surface area contributed by atoms with Crippen LogP contribution in [0.2, 0.25) is 0 Å². The number of carbonyl (C=O) groups excluding carboxylic acids is 2. The van der Waals surface area contributed by atoms with Crippen LogP contribution in [0.4, 0.5) is 0 Å². The van der Waals surface area contributed by atoms with Crippen molar-refractivity contribution in [3.05, 3.63) is 23.8 Å². The fraction of sp³-hybridized carbons (Fsp3) is 0.889. The van der Waals surface area contributed by atoms with Crippen molar-refractivity contribution >= 4 is 11.9 Å². The highest BCUT2D eigenvalue weighted by atomic mass is 16.5. The zero-order valence-corrected chi connectivity index (χ0v) is 41.9. The molecule has 0 spiro atoms. The van der Waals surface area contributed by atoms with Gasteiger partial charge in [0.1, 0.15) is 12.7 Å². The Morgan fingerprint density at radius 2 is 1.67 bits per heavy atom. The molecule has 0 aromatic rings. The van der Waals surface area contributed by atoms with E-state index >= 15 is 0 Å². The normalized spacial score (nSPS) is 30.4. The number of rotatable bonds is 25. The Bertz CT molecular complexity index is 1420. The molecule has 0 bridgehead atoms. The summed E-state index contributed by atoms with van der Waals surface area (Å²) < 4.78 is 18.4. The topological polar surface area (TPSA) is 91.1 Å². The Labute approximate surface area is 375 Å². The molecule has 12 atom stereocenters. The number of nitrogens with zero attached hydrogens (tertiary/aromatic N) is 1. The zero-order chi connectivity index (χ0) is 45.1. The molecule has 0 aromatic heterocycles. The van der Waals surface area contributed by atoms with Crippen molar-refractivity contribution in [1.29, 1.82) is 0 Å². The minimum atomic E-state index is -0.747. The number of nitrogens with two attached hydrogens (primary N) is 1. The van der Waals surface area contributed by atoms with E-state index in [2.05, 4.69) is 66.4 Å². The molecule has 2 N–H and O–H groups in total. The highest BCUT2D eigenvalue weighted by Crippen LogP contribution is 2.64. The standard InChI is InChI=1S/C54H96N2O5/c1-37(2)20-17-21-39(5)44-26-27-46-45-25-24-42-35-43(28-30-53(42,10)47(45)34-40(6)50(44)46)59-32-16-14-15-22-48(61-49(57)23-18-31-56(12)13)41(7)54(11,55)29-19-33-60-51(58)52(8,9)36-38(3)4/h19,24,29,37-41,43-48,50H,14-18,20-23,25-28,30-36,55H2,1-13H3/b29-19+/t39-,40-,41?,43+,44-,45?,46?,47?,48?,50?,53+,54?/m1/s1. The van der Waals surface area contributed by atoms with E-state index in [1.54, 1.807) is 5.57 Å². The predicted molar refractivity (Wildman–Crippen MR) is 254 cm³/mol. The second-order valence-corrected chi connectivity index (χ2v) is 23.3. The molecule has 7 heteroatoms. The van der Waals surface area contributed by atoms with E-state index in [0.29, 0.717) is 23.9 Å². The summed E-state index contributed by atoms with van der Waals surface area (Å²) in [6.45, 7) is 26.6. The van der Waals surface area contributed by atoms with Gasteiger partial charge in [-0.2, -0.15) is 0 Å². The van der Waals surface area contributed by atoms with Crippen LogP contribution in [0, 0.1) is 70.0 Å². The summed E-state index contributed by atoms with van der Waals surface area (Å²) in [4.78, 5) is 27.9. The number of hydrogen-bond donors (Lipinski definition) is 1.